The molecule has 27 heavy (non-hydrogen) atoms. The highest BCUT2D eigenvalue weighted by Crippen LogP contribution is 2.48. The lowest BCUT2D eigenvalue weighted by atomic mass is 9.94. The van der Waals surface area contributed by atoms with Crippen molar-refractivity contribution in [1.82, 2.24) is 15.3 Å². The van der Waals surface area contributed by atoms with E-state index in [0.29, 0.717) is 0 Å². The molecule has 2 aromatic heterocycles. The Bertz CT molecular complexity index is 925. The van der Waals surface area contributed by atoms with E-state index in [1.54, 1.807) is 11.3 Å². The number of carbonyl (C=O) groups excluding carboxylic acids is 1. The molecule has 3 aromatic rings. The van der Waals surface area contributed by atoms with E-state index in [0.717, 1.165) is 59.8 Å². The van der Waals surface area contributed by atoms with Crippen LogP contribution in [0.3, 0.4) is 0 Å². The topological polar surface area (TPSA) is 58.1 Å². The quantitative estimate of drug-likeness (QED) is 0.755. The molecule has 2 aliphatic rings. The molecule has 3 heterocycles. The van der Waals surface area contributed by atoms with Crippen molar-refractivity contribution in [1.29, 1.82) is 0 Å². The van der Waals surface area contributed by atoms with Crippen LogP contribution < -0.4 is 10.2 Å². The number of rotatable bonds is 4. The van der Waals surface area contributed by atoms with Gasteiger partial charge in [0.2, 0.25) is 5.91 Å². The van der Waals surface area contributed by atoms with Crippen LogP contribution in [0.25, 0.3) is 10.3 Å². The highest BCUT2D eigenvalue weighted by atomic mass is 32.1. The van der Waals surface area contributed by atoms with Crippen LogP contribution >= 0.6 is 11.3 Å². The summed E-state index contributed by atoms with van der Waals surface area (Å²) in [5.41, 5.74) is 1.84. The van der Waals surface area contributed by atoms with Crippen molar-refractivity contribution in [3.05, 3.63) is 54.2 Å². The van der Waals surface area contributed by atoms with Crippen LogP contribution in [0.5, 0.6) is 0 Å². The fraction of sp³-hybridized carbons (Fsp3) is 0.381. The lowest BCUT2D eigenvalue weighted by molar-refractivity contribution is -0.124. The zero-order valence-corrected chi connectivity index (χ0v) is 15.9. The molecule has 1 saturated heterocycles. The van der Waals surface area contributed by atoms with E-state index >= 15 is 0 Å². The van der Waals surface area contributed by atoms with E-state index in [1.165, 1.54) is 0 Å². The highest BCUT2D eigenvalue weighted by Gasteiger charge is 2.51. The molecule has 1 aliphatic carbocycles. The normalized spacial score (nSPS) is 19.2. The second-order valence-electron chi connectivity index (χ2n) is 7.51. The molecule has 0 atom stereocenters. The van der Waals surface area contributed by atoms with E-state index < -0.39 is 0 Å². The van der Waals surface area contributed by atoms with Gasteiger partial charge in [-0.25, -0.2) is 9.97 Å². The maximum atomic E-state index is 12.9. The molecule has 1 N–H and O–H groups in total. The van der Waals surface area contributed by atoms with E-state index in [9.17, 15) is 4.79 Å². The molecule has 1 aliphatic heterocycles. The smallest absolute Gasteiger partial charge is 0.230 e. The van der Waals surface area contributed by atoms with Crippen LogP contribution in [0, 0.1) is 0 Å². The van der Waals surface area contributed by atoms with Crippen molar-refractivity contribution < 1.29 is 4.79 Å². The van der Waals surface area contributed by atoms with Gasteiger partial charge in [0.15, 0.2) is 5.13 Å². The van der Waals surface area contributed by atoms with Gasteiger partial charge in [0, 0.05) is 25.3 Å². The number of amides is 1. The highest BCUT2D eigenvalue weighted by molar-refractivity contribution is 7.21. The number of nitrogens with zero attached hydrogens (tertiary/aromatic N) is 3. The molecule has 1 saturated carbocycles. The maximum absolute atomic E-state index is 12.9. The van der Waals surface area contributed by atoms with Crippen molar-refractivity contribution in [3.63, 3.8) is 0 Å². The second-order valence-corrected chi connectivity index (χ2v) is 8.46. The van der Waals surface area contributed by atoms with Crippen molar-refractivity contribution in [2.24, 2.45) is 0 Å². The lowest BCUT2D eigenvalue weighted by Crippen LogP contribution is -2.47. The lowest BCUT2D eigenvalue weighted by Gasteiger charge is -2.33. The minimum Gasteiger partial charge on any atom is -0.352 e. The predicted octanol–water partition coefficient (Wildman–Crippen LogP) is 3.51. The summed E-state index contributed by atoms with van der Waals surface area (Å²) in [5.74, 6) is 0.205. The SMILES string of the molecule is O=C(NC1CCN(c2nc3cccnc3s2)CC1)C1(c2ccccc2)CC1. The van der Waals surface area contributed by atoms with Gasteiger partial charge in [-0.15, -0.1) is 0 Å². The largest absolute Gasteiger partial charge is 0.352 e. The molecule has 0 spiro atoms. The Morgan fingerprint density at radius 3 is 2.59 bits per heavy atom. The standard InChI is InChI=1S/C21H22N4OS/c26-19(21(10-11-21)15-5-2-1-3-6-15)23-16-8-13-25(14-9-16)20-24-17-7-4-12-22-18(17)27-20/h1-7,12,16H,8-11,13-14H2,(H,23,26). The summed E-state index contributed by atoms with van der Waals surface area (Å²) in [6.45, 7) is 1.84. The van der Waals surface area contributed by atoms with Gasteiger partial charge in [-0.05, 0) is 43.4 Å². The first kappa shape index (κ1) is 16.7. The Hall–Kier alpha value is -2.47. The number of hydrogen-bond donors (Lipinski definition) is 1. The molecule has 0 bridgehead atoms. The molecule has 5 nitrogen and oxygen atoms in total. The number of carbonyl (C=O) groups is 1. The molecule has 2 fully saturated rings. The third-order valence-corrected chi connectivity index (χ3v) is 6.81. The van der Waals surface area contributed by atoms with Crippen molar-refractivity contribution in [2.75, 3.05) is 18.0 Å². The summed E-state index contributed by atoms with van der Waals surface area (Å²) >= 11 is 1.65. The van der Waals surface area contributed by atoms with Gasteiger partial charge in [-0.3, -0.25) is 4.79 Å². The third-order valence-electron chi connectivity index (χ3n) is 5.77. The number of thiazole rings is 1. The van der Waals surface area contributed by atoms with Crippen molar-refractivity contribution in [2.45, 2.75) is 37.1 Å². The van der Waals surface area contributed by atoms with Crippen LogP contribution in [0.4, 0.5) is 5.13 Å². The van der Waals surface area contributed by atoms with Gasteiger partial charge in [-0.1, -0.05) is 41.7 Å². The van der Waals surface area contributed by atoms with Crippen LogP contribution in [0.2, 0.25) is 0 Å². The minimum absolute atomic E-state index is 0.205. The Labute approximate surface area is 162 Å². The van der Waals surface area contributed by atoms with Crippen molar-refractivity contribution in [3.8, 4) is 0 Å². The average molecular weight is 379 g/mol. The molecule has 0 radical (unpaired) electrons. The Morgan fingerprint density at radius 1 is 1.11 bits per heavy atom. The molecule has 0 unspecified atom stereocenters. The molecular weight excluding hydrogens is 356 g/mol. The van der Waals surface area contributed by atoms with E-state index in [1.807, 2.05) is 36.5 Å². The summed E-state index contributed by atoms with van der Waals surface area (Å²) in [6, 6.07) is 14.4. The van der Waals surface area contributed by atoms with Crippen molar-refractivity contribution >= 4 is 32.7 Å². The fourth-order valence-electron chi connectivity index (χ4n) is 3.96. The van der Waals surface area contributed by atoms with Gasteiger partial charge in [0.1, 0.15) is 10.3 Å². The number of benzene rings is 1. The second kappa shape index (κ2) is 6.60. The van der Waals surface area contributed by atoms with Gasteiger partial charge in [0.25, 0.3) is 0 Å². The Kier molecular flexibility index (Phi) is 4.08. The Balaban J connectivity index is 1.22. The first-order valence-corrected chi connectivity index (χ1v) is 10.4. The summed E-state index contributed by atoms with van der Waals surface area (Å²) in [7, 11) is 0. The molecule has 6 heteroatoms. The summed E-state index contributed by atoms with van der Waals surface area (Å²) in [5, 5.41) is 4.36. The zero-order valence-electron chi connectivity index (χ0n) is 15.1. The molecule has 5 rings (SSSR count). The summed E-state index contributed by atoms with van der Waals surface area (Å²) < 4.78 is 0. The number of anilines is 1. The number of aromatic nitrogens is 2. The molecule has 138 valence electrons. The van der Waals surface area contributed by atoms with Crippen LogP contribution in [0.15, 0.2) is 48.7 Å². The fourth-order valence-corrected chi connectivity index (χ4v) is 4.92. The summed E-state index contributed by atoms with van der Waals surface area (Å²) in [6.07, 6.45) is 5.65. The summed E-state index contributed by atoms with van der Waals surface area (Å²) in [4.78, 5) is 25.3. The molecule has 1 aromatic carbocycles. The number of pyridine rings is 1. The number of piperidine rings is 1. The third kappa shape index (κ3) is 3.08. The maximum Gasteiger partial charge on any atom is 0.230 e. The molecule has 1 amide bonds. The number of fused-ring (bicyclic) bond motifs is 1. The monoisotopic (exact) mass is 378 g/mol. The van der Waals surface area contributed by atoms with Gasteiger partial charge >= 0.3 is 0 Å². The van der Waals surface area contributed by atoms with Crippen LogP contribution in [-0.2, 0) is 10.2 Å². The van der Waals surface area contributed by atoms with E-state index in [2.05, 4.69) is 27.3 Å². The minimum atomic E-state index is -0.281. The zero-order chi connectivity index (χ0) is 18.3. The van der Waals surface area contributed by atoms with Gasteiger partial charge in [0.05, 0.1) is 5.41 Å². The first-order chi connectivity index (χ1) is 13.2. The van der Waals surface area contributed by atoms with Gasteiger partial charge < -0.3 is 10.2 Å². The first-order valence-electron chi connectivity index (χ1n) is 9.58. The van der Waals surface area contributed by atoms with Crippen LogP contribution in [-0.4, -0.2) is 35.0 Å². The van der Waals surface area contributed by atoms with Gasteiger partial charge in [-0.2, -0.15) is 0 Å². The van der Waals surface area contributed by atoms with E-state index in [4.69, 9.17) is 4.98 Å². The molecular formula is C21H22N4OS. The average Bonchev–Trinajstić information content (AvgIpc) is 3.42. The number of nitrogens with one attached hydrogen (secondary N) is 1. The van der Waals surface area contributed by atoms with Crippen LogP contribution in [0.1, 0.15) is 31.2 Å². The van der Waals surface area contributed by atoms with E-state index in [-0.39, 0.29) is 17.4 Å². The number of hydrogen-bond acceptors (Lipinski definition) is 5. The Morgan fingerprint density at radius 2 is 1.89 bits per heavy atom. The predicted molar refractivity (Wildman–Crippen MR) is 108 cm³/mol.